The van der Waals surface area contributed by atoms with Crippen LogP contribution in [-0.2, 0) is 34.8 Å². The number of nitrogens with zero attached hydrogens (tertiary/aromatic N) is 1. The van der Waals surface area contributed by atoms with Crippen LogP contribution in [-0.4, -0.2) is 25.5 Å². The van der Waals surface area contributed by atoms with Crippen molar-refractivity contribution in [1.29, 1.82) is 0 Å². The summed E-state index contributed by atoms with van der Waals surface area (Å²) in [7, 11) is 4.21. The zero-order valence-electron chi connectivity index (χ0n) is 18.7. The van der Waals surface area contributed by atoms with Gasteiger partial charge in [0.25, 0.3) is 0 Å². The fraction of sp³-hybridized carbons (Fsp3) is 0.185. The summed E-state index contributed by atoms with van der Waals surface area (Å²) < 4.78 is 5.44. The van der Waals surface area contributed by atoms with Crippen LogP contribution in [0.25, 0.3) is 5.57 Å². The van der Waals surface area contributed by atoms with Crippen LogP contribution in [0.15, 0.2) is 103 Å². The second kappa shape index (κ2) is 12.7. The minimum atomic E-state index is -0.896. The second-order valence-electron chi connectivity index (χ2n) is 7.97. The second-order valence-corrected chi connectivity index (χ2v) is 8.23. The first-order chi connectivity index (χ1) is 15.2. The molecule has 0 amide bonds. The van der Waals surface area contributed by atoms with E-state index in [2.05, 4.69) is 79.7 Å². The third-order valence-electron chi connectivity index (χ3n) is 5.67. The molecule has 0 spiro atoms. The van der Waals surface area contributed by atoms with Crippen molar-refractivity contribution in [2.75, 3.05) is 20.6 Å². The van der Waals surface area contributed by atoms with E-state index in [-0.39, 0.29) is 24.8 Å². The number of likely N-dealkylation sites (N-methyl/N-ethyl adjacent to an activating group) is 1. The van der Waals surface area contributed by atoms with Crippen molar-refractivity contribution in [1.82, 2.24) is 4.90 Å². The van der Waals surface area contributed by atoms with E-state index in [0.717, 1.165) is 29.7 Å². The van der Waals surface area contributed by atoms with Crippen LogP contribution < -0.4 is 0 Å². The number of rotatable bonds is 8. The van der Waals surface area contributed by atoms with Gasteiger partial charge in [0, 0.05) is 0 Å². The van der Waals surface area contributed by atoms with Crippen molar-refractivity contribution >= 4 is 30.4 Å². The topological polar surface area (TPSA) is 21.7 Å². The molecule has 3 nitrogen and oxygen atoms in total. The van der Waals surface area contributed by atoms with Gasteiger partial charge in [0.05, 0.1) is 0 Å². The Labute approximate surface area is 221 Å². The Morgan fingerprint density at radius 2 is 1.36 bits per heavy atom. The molecule has 0 unspecified atom stereocenters. The van der Waals surface area contributed by atoms with Crippen LogP contribution in [0.4, 0.5) is 0 Å². The monoisotopic (exact) mass is 516 g/mol. The summed E-state index contributed by atoms with van der Waals surface area (Å²) in [4.78, 5) is 8.46. The van der Waals surface area contributed by atoms with E-state index in [1.807, 2.05) is 36.4 Å². The van der Waals surface area contributed by atoms with E-state index in [9.17, 15) is 0 Å². The van der Waals surface area contributed by atoms with Crippen molar-refractivity contribution in [3.63, 3.8) is 0 Å². The summed E-state index contributed by atoms with van der Waals surface area (Å²) in [6, 6.07) is 29.2. The van der Waals surface area contributed by atoms with Gasteiger partial charge in [0.15, 0.2) is 0 Å². The molecule has 0 radical (unpaired) electrons. The van der Waals surface area contributed by atoms with Crippen molar-refractivity contribution in [3.8, 4) is 0 Å². The molecule has 0 saturated carbocycles. The number of hydrogen-bond donors (Lipinski definition) is 0. The van der Waals surface area contributed by atoms with Gasteiger partial charge in [-0.1, -0.05) is 0 Å². The third kappa shape index (κ3) is 5.70. The van der Waals surface area contributed by atoms with E-state index < -0.39 is 5.60 Å². The Kier molecular flexibility index (Phi) is 10.6. The molecule has 0 fully saturated rings. The molecule has 3 aromatic rings. The molecule has 3 aromatic carbocycles. The van der Waals surface area contributed by atoms with Gasteiger partial charge < -0.3 is 0 Å². The zero-order chi connectivity index (χ0) is 21.7. The van der Waals surface area contributed by atoms with Gasteiger partial charge in [-0.15, -0.1) is 24.8 Å². The molecule has 0 saturated heterocycles. The number of benzene rings is 3. The molecule has 1 aliphatic carbocycles. The molecule has 0 N–H and O–H groups in total. The maximum atomic E-state index is 6.25. The first kappa shape index (κ1) is 27.6. The maximum absolute atomic E-state index is 6.25. The van der Waals surface area contributed by atoms with Crippen LogP contribution >= 0.6 is 24.8 Å². The summed E-state index contributed by atoms with van der Waals surface area (Å²) in [5.41, 5.74) is 6.09. The minimum Gasteiger partial charge on any atom is -0.147 e. The Morgan fingerprint density at radius 3 is 1.91 bits per heavy atom. The van der Waals surface area contributed by atoms with E-state index in [0.29, 0.717) is 0 Å². The average molecular weight is 517 g/mol. The van der Waals surface area contributed by atoms with Gasteiger partial charge in [-0.25, -0.2) is 0 Å². The fourth-order valence-electron chi connectivity index (χ4n) is 4.40. The van der Waals surface area contributed by atoms with Gasteiger partial charge in [-0.05, 0) is 0 Å². The number of allylic oxidation sites excluding steroid dienone is 2. The van der Waals surface area contributed by atoms with Crippen LogP contribution in [0.1, 0.15) is 28.7 Å². The summed E-state index contributed by atoms with van der Waals surface area (Å²) in [5.74, 6) is 0. The minimum absolute atomic E-state index is 0. The maximum Gasteiger partial charge on any atom is -0.147 e. The normalized spacial score (nSPS) is 13.0. The molecular weight excluding hydrogens is 489 g/mol. The quantitative estimate of drug-likeness (QED) is 0.147. The Bertz CT molecular complexity index is 1050. The molecule has 0 atom stereocenters. The van der Waals surface area contributed by atoms with Crippen LogP contribution in [0.5, 0.6) is 0 Å². The van der Waals surface area contributed by atoms with E-state index in [1.54, 1.807) is 20.8 Å². The number of hydrogen-bond acceptors (Lipinski definition) is 3. The third-order valence-corrected chi connectivity index (χ3v) is 5.80. The summed E-state index contributed by atoms with van der Waals surface area (Å²) in [6.07, 6.45) is 5.40. The van der Waals surface area contributed by atoms with Gasteiger partial charge in [0.1, 0.15) is 0 Å². The Balaban J connectivity index is 0.00000193. The van der Waals surface area contributed by atoms with E-state index in [4.69, 9.17) is 8.36 Å². The zero-order valence-corrected chi connectivity index (χ0v) is 21.9. The Hall–Kier alpha value is -1.69. The average Bonchev–Trinajstić information content (AvgIpc) is 3.26. The van der Waals surface area contributed by atoms with Crippen LogP contribution in [0, 0.1) is 0 Å². The Morgan fingerprint density at radius 1 is 0.818 bits per heavy atom. The first-order valence-corrected chi connectivity index (χ1v) is 11.1. The van der Waals surface area contributed by atoms with Crippen molar-refractivity contribution < 1.29 is 29.2 Å². The van der Waals surface area contributed by atoms with Gasteiger partial charge >= 0.3 is 197 Å². The van der Waals surface area contributed by atoms with Gasteiger partial charge in [0.2, 0.25) is 0 Å². The van der Waals surface area contributed by atoms with E-state index >= 15 is 0 Å². The molecule has 0 aliphatic heterocycles. The van der Waals surface area contributed by atoms with Crippen LogP contribution in [0.2, 0.25) is 0 Å². The predicted octanol–water partition coefficient (Wildman–Crippen LogP) is 6.51. The molecule has 6 heteroatoms. The van der Waals surface area contributed by atoms with Crippen molar-refractivity contribution in [2.45, 2.75) is 12.0 Å². The molecule has 0 bridgehead atoms. The molecule has 171 valence electrons. The SMILES string of the molecule is CN(C)CC1=C(c2ccccc2C(O[O][Ti])(c2ccccc2)c2ccccc2)CC=C1.Cl.Cl. The molecule has 0 heterocycles. The fourth-order valence-corrected chi connectivity index (χ4v) is 4.60. The van der Waals surface area contributed by atoms with Crippen LogP contribution in [0.3, 0.4) is 0 Å². The van der Waals surface area contributed by atoms with Gasteiger partial charge in [-0.3, -0.25) is 0 Å². The summed E-state index contributed by atoms with van der Waals surface area (Å²) in [5, 5.41) is 0. The van der Waals surface area contributed by atoms with Gasteiger partial charge in [-0.2, -0.15) is 0 Å². The smallest absolute Gasteiger partial charge is 0.147 e. The van der Waals surface area contributed by atoms with Crippen molar-refractivity contribution in [2.24, 2.45) is 0 Å². The first-order valence-electron chi connectivity index (χ1n) is 10.4. The largest absolute Gasteiger partial charge is 0.147 e. The predicted molar refractivity (Wildman–Crippen MR) is 135 cm³/mol. The van der Waals surface area contributed by atoms with E-state index in [1.165, 1.54) is 16.7 Å². The van der Waals surface area contributed by atoms with Crippen molar-refractivity contribution in [3.05, 3.63) is 125 Å². The molecule has 1 aliphatic rings. The standard InChI is InChI=1S/C27H27NO2.2ClH.Ti/c1-28(2)20-21-12-11-18-24(21)25-17-9-10-19-26(25)27(30-29,22-13-5-3-6-14-22)23-15-7-4-8-16-23;;;/h3-17,19,29H,18,20H2,1-2H3;2*1H;/q;;;+1/p-1. The molecular formula is C27H28Cl2NO2Ti. The number of halogens is 2. The summed E-state index contributed by atoms with van der Waals surface area (Å²) in [6.45, 7) is 0.898. The molecule has 4 rings (SSSR count). The molecule has 33 heavy (non-hydrogen) atoms. The molecule has 0 aromatic heterocycles. The summed E-state index contributed by atoms with van der Waals surface area (Å²) >= 11 is 1.58.